The number of rotatable bonds is 5. The number of piperidine rings is 1. The standard InChI is InChI=1S/C17H21N3O4/c1-12-18-15(19-24-12)10-20-8-7-14(21)17(11-20,16(22)23)9-13-5-3-2-4-6-13/h2-6,14,21H,7-11H2,1H3,(H,22,23)/t14?,17-/m0/s1. The van der Waals surface area contributed by atoms with Gasteiger partial charge in [-0.1, -0.05) is 35.5 Å². The van der Waals surface area contributed by atoms with E-state index >= 15 is 0 Å². The number of likely N-dealkylation sites (tertiary alicyclic amines) is 1. The molecule has 1 aromatic heterocycles. The summed E-state index contributed by atoms with van der Waals surface area (Å²) < 4.78 is 4.97. The predicted molar refractivity (Wildman–Crippen MR) is 85.2 cm³/mol. The molecule has 1 aliphatic heterocycles. The Balaban J connectivity index is 1.81. The van der Waals surface area contributed by atoms with E-state index in [2.05, 4.69) is 10.1 Å². The Morgan fingerprint density at radius 1 is 1.42 bits per heavy atom. The van der Waals surface area contributed by atoms with E-state index in [1.165, 1.54) is 0 Å². The number of aryl methyl sites for hydroxylation is 1. The molecule has 2 aromatic rings. The number of benzene rings is 1. The maximum atomic E-state index is 12.1. The normalized spacial score (nSPS) is 24.8. The Labute approximate surface area is 139 Å². The highest BCUT2D eigenvalue weighted by Gasteiger charge is 2.49. The van der Waals surface area contributed by atoms with Crippen molar-refractivity contribution in [1.82, 2.24) is 15.0 Å². The van der Waals surface area contributed by atoms with Crippen LogP contribution in [0.25, 0.3) is 0 Å². The third kappa shape index (κ3) is 3.32. The second kappa shape index (κ2) is 6.70. The molecule has 0 radical (unpaired) electrons. The first-order valence-corrected chi connectivity index (χ1v) is 7.96. The van der Waals surface area contributed by atoms with Crippen molar-refractivity contribution in [2.45, 2.75) is 32.4 Å². The fourth-order valence-electron chi connectivity index (χ4n) is 3.32. The average molecular weight is 331 g/mol. The first kappa shape index (κ1) is 16.6. The van der Waals surface area contributed by atoms with Crippen molar-refractivity contribution < 1.29 is 19.5 Å². The van der Waals surface area contributed by atoms with Gasteiger partial charge < -0.3 is 14.7 Å². The molecule has 24 heavy (non-hydrogen) atoms. The van der Waals surface area contributed by atoms with Crippen molar-refractivity contribution in [2.24, 2.45) is 5.41 Å². The van der Waals surface area contributed by atoms with Gasteiger partial charge in [-0.2, -0.15) is 4.98 Å². The molecular weight excluding hydrogens is 310 g/mol. The summed E-state index contributed by atoms with van der Waals surface area (Å²) in [6, 6.07) is 9.41. The van der Waals surface area contributed by atoms with Gasteiger partial charge in [-0.05, 0) is 18.4 Å². The summed E-state index contributed by atoms with van der Waals surface area (Å²) in [4.78, 5) is 18.2. The van der Waals surface area contributed by atoms with Crippen molar-refractivity contribution in [3.8, 4) is 0 Å². The highest BCUT2D eigenvalue weighted by atomic mass is 16.5. The highest BCUT2D eigenvalue weighted by Crippen LogP contribution is 2.35. The second-order valence-electron chi connectivity index (χ2n) is 6.37. The molecule has 1 aliphatic rings. The van der Waals surface area contributed by atoms with Crippen LogP contribution in [0.2, 0.25) is 0 Å². The van der Waals surface area contributed by atoms with Crippen LogP contribution >= 0.6 is 0 Å². The highest BCUT2D eigenvalue weighted by molar-refractivity contribution is 5.76. The molecule has 3 rings (SSSR count). The summed E-state index contributed by atoms with van der Waals surface area (Å²) in [7, 11) is 0. The van der Waals surface area contributed by atoms with Crippen molar-refractivity contribution in [2.75, 3.05) is 13.1 Å². The number of aliphatic hydroxyl groups is 1. The lowest BCUT2D eigenvalue weighted by Crippen LogP contribution is -2.56. The molecule has 1 fully saturated rings. The van der Waals surface area contributed by atoms with Crippen LogP contribution in [0.5, 0.6) is 0 Å². The van der Waals surface area contributed by atoms with E-state index in [0.29, 0.717) is 31.2 Å². The van der Waals surface area contributed by atoms with E-state index in [1.807, 2.05) is 35.2 Å². The third-order valence-electron chi connectivity index (χ3n) is 4.59. The average Bonchev–Trinajstić information content (AvgIpc) is 2.96. The lowest BCUT2D eigenvalue weighted by atomic mass is 9.73. The zero-order valence-electron chi connectivity index (χ0n) is 13.6. The molecule has 1 saturated heterocycles. The van der Waals surface area contributed by atoms with Gasteiger partial charge in [-0.25, -0.2) is 0 Å². The van der Waals surface area contributed by atoms with Gasteiger partial charge in [-0.3, -0.25) is 9.69 Å². The maximum Gasteiger partial charge on any atom is 0.313 e. The molecule has 0 saturated carbocycles. The number of aliphatic carboxylic acids is 1. The molecule has 0 aliphatic carbocycles. The minimum atomic E-state index is -1.24. The molecule has 1 unspecified atom stereocenters. The monoisotopic (exact) mass is 331 g/mol. The fourth-order valence-corrected chi connectivity index (χ4v) is 3.32. The third-order valence-corrected chi connectivity index (χ3v) is 4.59. The van der Waals surface area contributed by atoms with Crippen LogP contribution < -0.4 is 0 Å². The molecule has 7 heteroatoms. The van der Waals surface area contributed by atoms with E-state index in [9.17, 15) is 15.0 Å². The maximum absolute atomic E-state index is 12.1. The largest absolute Gasteiger partial charge is 0.481 e. The van der Waals surface area contributed by atoms with Gasteiger partial charge in [0, 0.05) is 20.0 Å². The second-order valence-corrected chi connectivity index (χ2v) is 6.37. The van der Waals surface area contributed by atoms with Gasteiger partial charge in [-0.15, -0.1) is 0 Å². The van der Waals surface area contributed by atoms with Crippen LogP contribution in [0.4, 0.5) is 0 Å². The number of carboxylic acid groups (broad SMARTS) is 1. The van der Waals surface area contributed by atoms with Crippen LogP contribution in [0.3, 0.4) is 0 Å². The molecule has 2 heterocycles. The number of aliphatic hydroxyl groups excluding tert-OH is 1. The quantitative estimate of drug-likeness (QED) is 0.850. The first-order chi connectivity index (χ1) is 11.5. The topological polar surface area (TPSA) is 99.7 Å². The van der Waals surface area contributed by atoms with Crippen molar-refractivity contribution in [3.05, 3.63) is 47.6 Å². The summed E-state index contributed by atoms with van der Waals surface area (Å²) in [6.07, 6.45) is -0.208. The van der Waals surface area contributed by atoms with Gasteiger partial charge in [0.15, 0.2) is 5.82 Å². The number of carbonyl (C=O) groups is 1. The van der Waals surface area contributed by atoms with Crippen LogP contribution in [-0.2, 0) is 17.8 Å². The molecule has 0 bridgehead atoms. The summed E-state index contributed by atoms with van der Waals surface area (Å²) in [5.41, 5.74) is -0.338. The van der Waals surface area contributed by atoms with E-state index in [0.717, 1.165) is 5.56 Å². The number of hydrogen-bond donors (Lipinski definition) is 2. The van der Waals surface area contributed by atoms with Crippen LogP contribution in [0.1, 0.15) is 23.7 Å². The van der Waals surface area contributed by atoms with E-state index in [4.69, 9.17) is 4.52 Å². The van der Waals surface area contributed by atoms with Crippen molar-refractivity contribution >= 4 is 5.97 Å². The number of hydrogen-bond acceptors (Lipinski definition) is 6. The predicted octanol–water partition coefficient (Wildman–Crippen LogP) is 1.26. The zero-order valence-corrected chi connectivity index (χ0v) is 13.6. The van der Waals surface area contributed by atoms with Gasteiger partial charge in [0.2, 0.25) is 5.89 Å². The van der Waals surface area contributed by atoms with Crippen molar-refractivity contribution in [3.63, 3.8) is 0 Å². The Kier molecular flexibility index (Phi) is 4.64. The van der Waals surface area contributed by atoms with Gasteiger partial charge in [0.05, 0.1) is 12.6 Å². The summed E-state index contributed by atoms with van der Waals surface area (Å²) in [5.74, 6) is 0.0339. The Hall–Kier alpha value is -2.25. The number of nitrogens with zero attached hydrogens (tertiary/aromatic N) is 3. The molecule has 0 spiro atoms. The van der Waals surface area contributed by atoms with Crippen LogP contribution in [-0.4, -0.2) is 50.4 Å². The Morgan fingerprint density at radius 3 is 2.79 bits per heavy atom. The molecule has 128 valence electrons. The van der Waals surface area contributed by atoms with Gasteiger partial charge >= 0.3 is 5.97 Å². The number of aromatic nitrogens is 2. The van der Waals surface area contributed by atoms with E-state index < -0.39 is 17.5 Å². The molecular formula is C17H21N3O4. The van der Waals surface area contributed by atoms with Crippen LogP contribution in [0.15, 0.2) is 34.9 Å². The number of carboxylic acids is 1. The zero-order chi connectivity index (χ0) is 17.2. The summed E-state index contributed by atoms with van der Waals surface area (Å²) in [6.45, 7) is 2.96. The fraction of sp³-hybridized carbons (Fsp3) is 0.471. The molecule has 7 nitrogen and oxygen atoms in total. The van der Waals surface area contributed by atoms with Gasteiger partial charge in [0.25, 0.3) is 0 Å². The van der Waals surface area contributed by atoms with E-state index in [1.54, 1.807) is 6.92 Å². The van der Waals surface area contributed by atoms with E-state index in [-0.39, 0.29) is 13.0 Å². The molecule has 2 N–H and O–H groups in total. The SMILES string of the molecule is Cc1nc(CN2CCC(O)[C@@](Cc3ccccc3)(C(=O)O)C2)no1. The smallest absolute Gasteiger partial charge is 0.313 e. The lowest BCUT2D eigenvalue weighted by molar-refractivity contribution is -0.163. The summed E-state index contributed by atoms with van der Waals surface area (Å²) >= 11 is 0. The lowest BCUT2D eigenvalue weighted by Gasteiger charge is -2.43. The Bertz CT molecular complexity index is 703. The minimum Gasteiger partial charge on any atom is -0.481 e. The Morgan fingerprint density at radius 2 is 2.17 bits per heavy atom. The van der Waals surface area contributed by atoms with Crippen molar-refractivity contribution in [1.29, 1.82) is 0 Å². The molecule has 2 atom stereocenters. The first-order valence-electron chi connectivity index (χ1n) is 7.96. The minimum absolute atomic E-state index is 0.242. The molecule has 0 amide bonds. The van der Waals surface area contributed by atoms with Gasteiger partial charge in [0.1, 0.15) is 5.41 Å². The van der Waals surface area contributed by atoms with Crippen LogP contribution in [0, 0.1) is 12.3 Å². The summed E-state index contributed by atoms with van der Waals surface area (Å²) in [5, 5.41) is 24.2. The molecule has 1 aromatic carbocycles.